The standard InChI is InChI=1S/C48H72N6O6/c1-55-43-19-32-26-50-39-15-9-10-16-40(39)52-28-34-22-48(60-6)36(24-47(34)59-5)30-54-42-18-12-11-17-41(42)53-29-35-23-45(57-3)33(21-46(35)58-4)27-51-38-14-8-7-13-37(38)49-25-31(43)20-44(32)56-2/h19-24,37-42,49-54H,7-18,25-30H2,1-6H3. The molecule has 9 aliphatic rings. The Bertz CT molecular complexity index is 1500. The number of benzene rings is 3. The summed E-state index contributed by atoms with van der Waals surface area (Å²) in [6.07, 6.45) is 13.9. The maximum absolute atomic E-state index is 6.02. The number of hydrogen-bond donors (Lipinski definition) is 6. The predicted octanol–water partition coefficient (Wildman–Crippen LogP) is 6.62. The topological polar surface area (TPSA) is 128 Å². The van der Waals surface area contributed by atoms with Crippen LogP contribution in [0.2, 0.25) is 0 Å². The minimum atomic E-state index is 0.319. The zero-order chi connectivity index (χ0) is 41.8. The number of hydrogen-bond acceptors (Lipinski definition) is 12. The lowest BCUT2D eigenvalue weighted by Gasteiger charge is -2.34. The van der Waals surface area contributed by atoms with Gasteiger partial charge in [0, 0.05) is 109 Å². The second-order valence-corrected chi connectivity index (χ2v) is 17.2. The first-order valence-corrected chi connectivity index (χ1v) is 22.6. The van der Waals surface area contributed by atoms with Crippen LogP contribution in [0.3, 0.4) is 0 Å². The van der Waals surface area contributed by atoms with Gasteiger partial charge in [0.1, 0.15) is 34.5 Å². The van der Waals surface area contributed by atoms with Gasteiger partial charge in [-0.05, 0) is 74.9 Å². The van der Waals surface area contributed by atoms with E-state index in [4.69, 9.17) is 28.4 Å². The van der Waals surface area contributed by atoms with E-state index in [1.165, 1.54) is 38.5 Å². The van der Waals surface area contributed by atoms with E-state index in [0.29, 0.717) is 75.5 Å². The molecular formula is C48H72N6O6. The Morgan fingerprint density at radius 3 is 0.567 bits per heavy atom. The molecule has 6 unspecified atom stereocenters. The molecule has 3 aromatic rings. The SMILES string of the molecule is COc1cc2c(OC)cc1CNC1CCCCC1NCc1cc(OC)c(cc1OC)CNC1CCCCC1NCc1cc(OC)c(cc1OC)CNC1CCCCC1NC2. The maximum Gasteiger partial charge on any atom is 0.123 e. The van der Waals surface area contributed by atoms with Crippen LogP contribution in [-0.4, -0.2) is 78.9 Å². The van der Waals surface area contributed by atoms with Crippen molar-refractivity contribution in [3.05, 3.63) is 69.8 Å². The molecule has 12 nitrogen and oxygen atoms in total. The molecule has 12 rings (SSSR count). The molecule has 6 atom stereocenters. The Morgan fingerprint density at radius 1 is 0.283 bits per heavy atom. The lowest BCUT2D eigenvalue weighted by molar-refractivity contribution is 0.275. The lowest BCUT2D eigenvalue weighted by Crippen LogP contribution is -2.49. The van der Waals surface area contributed by atoms with Crippen LogP contribution in [0.5, 0.6) is 34.5 Å². The highest BCUT2D eigenvalue weighted by Crippen LogP contribution is 2.34. The van der Waals surface area contributed by atoms with Crippen LogP contribution < -0.4 is 60.3 Å². The minimum absolute atomic E-state index is 0.319. The van der Waals surface area contributed by atoms with Crippen LogP contribution in [0.1, 0.15) is 110 Å². The third-order valence-electron chi connectivity index (χ3n) is 13.7. The summed E-state index contributed by atoms with van der Waals surface area (Å²) in [6, 6.07) is 14.9. The first-order chi connectivity index (χ1) is 29.4. The van der Waals surface area contributed by atoms with Gasteiger partial charge in [-0.1, -0.05) is 38.5 Å². The van der Waals surface area contributed by atoms with Gasteiger partial charge in [-0.25, -0.2) is 0 Å². The quantitative estimate of drug-likeness (QED) is 0.160. The van der Waals surface area contributed by atoms with Crippen LogP contribution in [0.25, 0.3) is 0 Å². The molecule has 0 amide bonds. The smallest absolute Gasteiger partial charge is 0.123 e. The van der Waals surface area contributed by atoms with Gasteiger partial charge < -0.3 is 60.3 Å². The van der Waals surface area contributed by atoms with Gasteiger partial charge in [0.2, 0.25) is 0 Å². The molecule has 3 fully saturated rings. The molecule has 0 aromatic heterocycles. The summed E-state index contributed by atoms with van der Waals surface area (Å²) in [5.41, 5.74) is 6.59. The van der Waals surface area contributed by atoms with E-state index in [0.717, 1.165) is 106 Å². The second-order valence-electron chi connectivity index (χ2n) is 17.2. The van der Waals surface area contributed by atoms with Crippen molar-refractivity contribution in [3.8, 4) is 34.5 Å². The van der Waals surface area contributed by atoms with E-state index in [9.17, 15) is 0 Å². The highest BCUT2D eigenvalue weighted by Gasteiger charge is 2.29. The Labute approximate surface area is 358 Å². The lowest BCUT2D eigenvalue weighted by atomic mass is 9.89. The summed E-state index contributed by atoms with van der Waals surface area (Å²) in [7, 11) is 10.6. The van der Waals surface area contributed by atoms with E-state index >= 15 is 0 Å². The molecule has 60 heavy (non-hydrogen) atoms. The Balaban J connectivity index is 1.17. The number of nitrogens with one attached hydrogen (secondary N) is 6. The van der Waals surface area contributed by atoms with Gasteiger partial charge in [0.25, 0.3) is 0 Å². The van der Waals surface area contributed by atoms with Gasteiger partial charge in [-0.15, -0.1) is 0 Å². The molecule has 330 valence electrons. The fourth-order valence-electron chi connectivity index (χ4n) is 10.2. The summed E-state index contributed by atoms with van der Waals surface area (Å²) >= 11 is 0. The Kier molecular flexibility index (Phi) is 16.1. The molecule has 12 heteroatoms. The van der Waals surface area contributed by atoms with Crippen LogP contribution in [0.4, 0.5) is 0 Å². The van der Waals surface area contributed by atoms with Crippen molar-refractivity contribution < 1.29 is 28.4 Å². The van der Waals surface area contributed by atoms with Crippen molar-refractivity contribution in [2.24, 2.45) is 0 Å². The van der Waals surface area contributed by atoms with Gasteiger partial charge >= 0.3 is 0 Å². The molecule has 6 heterocycles. The highest BCUT2D eigenvalue weighted by molar-refractivity contribution is 5.49. The molecule has 0 radical (unpaired) electrons. The minimum Gasteiger partial charge on any atom is -0.496 e. The van der Waals surface area contributed by atoms with Crippen LogP contribution in [-0.2, 0) is 39.3 Å². The predicted molar refractivity (Wildman–Crippen MR) is 238 cm³/mol. The summed E-state index contributed by atoms with van der Waals surface area (Å²) in [5.74, 6) is 5.27. The summed E-state index contributed by atoms with van der Waals surface area (Å²) in [5, 5.41) is 23.5. The monoisotopic (exact) mass is 829 g/mol. The molecule has 6 N–H and O–H groups in total. The van der Waals surface area contributed by atoms with Gasteiger partial charge in [0.05, 0.1) is 42.7 Å². The first kappa shape index (κ1) is 44.3. The zero-order valence-corrected chi connectivity index (χ0v) is 37.1. The molecule has 0 spiro atoms. The van der Waals surface area contributed by atoms with Crippen molar-refractivity contribution in [3.63, 3.8) is 0 Å². The Morgan fingerprint density at radius 2 is 0.433 bits per heavy atom. The number of ether oxygens (including phenoxy) is 6. The van der Waals surface area contributed by atoms with Gasteiger partial charge in [0.15, 0.2) is 0 Å². The van der Waals surface area contributed by atoms with Crippen LogP contribution in [0.15, 0.2) is 36.4 Å². The van der Waals surface area contributed by atoms with Gasteiger partial charge in [-0.2, -0.15) is 0 Å². The third kappa shape index (κ3) is 10.8. The normalized spacial score (nSPS) is 25.9. The summed E-state index contributed by atoms with van der Waals surface area (Å²) in [6.45, 7) is 4.14. The summed E-state index contributed by atoms with van der Waals surface area (Å²) in [4.78, 5) is 0. The van der Waals surface area contributed by atoms with E-state index in [-0.39, 0.29) is 0 Å². The second kappa shape index (κ2) is 21.8. The molecule has 6 aliphatic heterocycles. The largest absolute Gasteiger partial charge is 0.496 e. The molecular weight excluding hydrogens is 757 g/mol. The van der Waals surface area contributed by atoms with E-state index in [1.807, 2.05) is 0 Å². The van der Waals surface area contributed by atoms with Crippen molar-refractivity contribution in [1.82, 2.24) is 31.9 Å². The van der Waals surface area contributed by atoms with E-state index in [2.05, 4.69) is 68.3 Å². The molecule has 3 saturated carbocycles. The fourth-order valence-corrected chi connectivity index (χ4v) is 10.2. The zero-order valence-electron chi connectivity index (χ0n) is 37.1. The molecule has 6 bridgehead atoms. The maximum atomic E-state index is 6.02. The van der Waals surface area contributed by atoms with Crippen molar-refractivity contribution in [1.29, 1.82) is 0 Å². The number of methoxy groups -OCH3 is 6. The first-order valence-electron chi connectivity index (χ1n) is 22.6. The average molecular weight is 829 g/mol. The van der Waals surface area contributed by atoms with E-state index < -0.39 is 0 Å². The molecule has 3 aliphatic carbocycles. The molecule has 3 aromatic carbocycles. The molecule has 0 saturated heterocycles. The van der Waals surface area contributed by atoms with Crippen LogP contribution in [0, 0.1) is 0 Å². The Hall–Kier alpha value is -3.78. The van der Waals surface area contributed by atoms with Crippen LogP contribution >= 0.6 is 0 Å². The average Bonchev–Trinajstić information content (AvgIpc) is 3.29. The van der Waals surface area contributed by atoms with Crippen molar-refractivity contribution in [2.75, 3.05) is 42.7 Å². The summed E-state index contributed by atoms with van der Waals surface area (Å²) < 4.78 is 36.1. The third-order valence-corrected chi connectivity index (χ3v) is 13.7. The van der Waals surface area contributed by atoms with Crippen molar-refractivity contribution in [2.45, 2.75) is 153 Å². The van der Waals surface area contributed by atoms with Crippen molar-refractivity contribution >= 4 is 0 Å². The highest BCUT2D eigenvalue weighted by atomic mass is 16.5. The fraction of sp³-hybridized carbons (Fsp3) is 0.625. The number of rotatable bonds is 6. The van der Waals surface area contributed by atoms with Gasteiger partial charge in [-0.3, -0.25) is 0 Å². The van der Waals surface area contributed by atoms with E-state index in [1.54, 1.807) is 42.7 Å².